The molecule has 0 radical (unpaired) electrons. The van der Waals surface area contributed by atoms with E-state index in [9.17, 15) is 4.79 Å². The molecule has 0 spiro atoms. The van der Waals surface area contributed by atoms with Crippen molar-refractivity contribution < 1.29 is 4.79 Å². The fourth-order valence-electron chi connectivity index (χ4n) is 4.43. The molecular weight excluding hydrogens is 368 g/mol. The smallest absolute Gasteiger partial charge is 0.263 e. The summed E-state index contributed by atoms with van der Waals surface area (Å²) in [5, 5.41) is 8.80. The predicted octanol–water partition coefficient (Wildman–Crippen LogP) is 4.48. The van der Waals surface area contributed by atoms with Crippen molar-refractivity contribution in [1.82, 2.24) is 10.3 Å². The quantitative estimate of drug-likeness (QED) is 0.673. The number of nitrogens with one attached hydrogen (secondary N) is 2. The summed E-state index contributed by atoms with van der Waals surface area (Å²) in [5.41, 5.74) is 1.96. The topological polar surface area (TPSA) is 57.3 Å². The van der Waals surface area contributed by atoms with Gasteiger partial charge < -0.3 is 15.5 Å². The first-order valence-electron chi connectivity index (χ1n) is 10.2. The lowest BCUT2D eigenvalue weighted by atomic mass is 9.95. The van der Waals surface area contributed by atoms with Gasteiger partial charge in [0.2, 0.25) is 0 Å². The molecule has 1 amide bonds. The number of carbonyl (C=O) groups is 1. The van der Waals surface area contributed by atoms with E-state index in [1.54, 1.807) is 11.3 Å². The van der Waals surface area contributed by atoms with Crippen molar-refractivity contribution in [1.29, 1.82) is 0 Å². The number of hydrogen-bond acceptors (Lipinski definition) is 5. The van der Waals surface area contributed by atoms with E-state index in [1.165, 1.54) is 6.42 Å². The van der Waals surface area contributed by atoms with Crippen molar-refractivity contribution in [3.63, 3.8) is 0 Å². The molecule has 28 heavy (non-hydrogen) atoms. The van der Waals surface area contributed by atoms with Gasteiger partial charge in [-0.05, 0) is 49.4 Å². The van der Waals surface area contributed by atoms with Crippen LogP contribution in [0.5, 0.6) is 0 Å². The maximum atomic E-state index is 12.6. The van der Waals surface area contributed by atoms with Crippen molar-refractivity contribution in [3.05, 3.63) is 29.1 Å². The number of fused-ring (bicyclic) bond motifs is 5. The molecule has 2 aliphatic rings. The third kappa shape index (κ3) is 2.82. The first-order valence-corrected chi connectivity index (χ1v) is 11.0. The van der Waals surface area contributed by atoms with Gasteiger partial charge in [0.05, 0.1) is 11.2 Å². The zero-order valence-corrected chi connectivity index (χ0v) is 17.4. The van der Waals surface area contributed by atoms with Crippen molar-refractivity contribution in [2.75, 3.05) is 29.9 Å². The first kappa shape index (κ1) is 17.7. The van der Waals surface area contributed by atoms with Crippen LogP contribution in [0.4, 0.5) is 11.5 Å². The maximum Gasteiger partial charge on any atom is 0.263 e. The molecule has 2 N–H and O–H groups in total. The SMILES string of the molecule is CC(C)C1CCN(c2ccc3c(ccc4sc5c(c43)NC[C@@H](C)NC5=O)n2)C1. The van der Waals surface area contributed by atoms with Gasteiger partial charge in [0.1, 0.15) is 10.7 Å². The second-order valence-corrected chi connectivity index (χ2v) is 9.53. The molecule has 2 aliphatic heterocycles. The minimum absolute atomic E-state index is 0.0169. The van der Waals surface area contributed by atoms with Crippen LogP contribution in [-0.4, -0.2) is 36.6 Å². The highest BCUT2D eigenvalue weighted by Gasteiger charge is 2.27. The molecule has 3 aromatic rings. The molecule has 5 nitrogen and oxygen atoms in total. The number of thiophene rings is 1. The zero-order chi connectivity index (χ0) is 19.4. The van der Waals surface area contributed by atoms with Gasteiger partial charge in [-0.2, -0.15) is 0 Å². The van der Waals surface area contributed by atoms with Gasteiger partial charge in [-0.25, -0.2) is 4.98 Å². The van der Waals surface area contributed by atoms with E-state index in [-0.39, 0.29) is 11.9 Å². The molecule has 0 aliphatic carbocycles. The predicted molar refractivity (Wildman–Crippen MR) is 118 cm³/mol. The van der Waals surface area contributed by atoms with Crippen molar-refractivity contribution >= 4 is 49.7 Å². The minimum Gasteiger partial charge on any atom is -0.381 e. The van der Waals surface area contributed by atoms with Gasteiger partial charge in [-0.1, -0.05) is 13.8 Å². The summed E-state index contributed by atoms with van der Waals surface area (Å²) >= 11 is 1.56. The van der Waals surface area contributed by atoms with Crippen LogP contribution in [0.2, 0.25) is 0 Å². The van der Waals surface area contributed by atoms with E-state index >= 15 is 0 Å². The Labute approximate surface area is 169 Å². The Balaban J connectivity index is 1.59. The average Bonchev–Trinajstić information content (AvgIpc) is 3.28. The molecular formula is C22H26N4OS. The van der Waals surface area contributed by atoms with Crippen LogP contribution in [-0.2, 0) is 0 Å². The summed E-state index contributed by atoms with van der Waals surface area (Å²) in [4.78, 5) is 20.7. The van der Waals surface area contributed by atoms with Gasteiger partial charge in [0.15, 0.2) is 0 Å². The monoisotopic (exact) mass is 394 g/mol. The summed E-state index contributed by atoms with van der Waals surface area (Å²) in [6, 6.07) is 8.64. The standard InChI is InChI=1S/C22H26N4OS/c1-12(2)14-8-9-26(11-14)18-7-4-15-16(25-18)5-6-17-19(15)20-21(28-17)22(27)24-13(3)10-23-20/h4-7,12-14,23H,8-11H2,1-3H3,(H,24,27)/t13-,14?/m1/s1. The largest absolute Gasteiger partial charge is 0.381 e. The average molecular weight is 395 g/mol. The van der Waals surface area contributed by atoms with Gasteiger partial charge >= 0.3 is 0 Å². The lowest BCUT2D eigenvalue weighted by molar-refractivity contribution is 0.0949. The van der Waals surface area contributed by atoms with Crippen LogP contribution in [0.3, 0.4) is 0 Å². The molecule has 146 valence electrons. The first-order chi connectivity index (χ1) is 13.5. The van der Waals surface area contributed by atoms with Crippen LogP contribution in [0.1, 0.15) is 36.9 Å². The maximum absolute atomic E-state index is 12.6. The molecule has 2 atom stereocenters. The molecule has 2 aromatic heterocycles. The molecule has 5 rings (SSSR count). The highest BCUT2D eigenvalue weighted by Crippen LogP contribution is 2.41. The van der Waals surface area contributed by atoms with Gasteiger partial charge in [-0.3, -0.25) is 4.79 Å². The van der Waals surface area contributed by atoms with E-state index in [0.29, 0.717) is 5.92 Å². The highest BCUT2D eigenvalue weighted by atomic mass is 32.1. The number of rotatable bonds is 2. The van der Waals surface area contributed by atoms with Gasteiger partial charge in [0, 0.05) is 41.1 Å². The fraction of sp³-hybridized carbons (Fsp3) is 0.455. The Kier molecular flexibility index (Phi) is 4.19. The number of benzene rings is 1. The second kappa shape index (κ2) is 6.62. The lowest BCUT2D eigenvalue weighted by Crippen LogP contribution is -2.34. The van der Waals surface area contributed by atoms with Crippen molar-refractivity contribution in [3.8, 4) is 0 Å². The fourth-order valence-corrected chi connectivity index (χ4v) is 5.53. The summed E-state index contributed by atoms with van der Waals surface area (Å²) in [6.45, 7) is 9.55. The Morgan fingerprint density at radius 2 is 2.11 bits per heavy atom. The van der Waals surface area contributed by atoms with Crippen LogP contribution in [0.15, 0.2) is 24.3 Å². The van der Waals surface area contributed by atoms with Crippen LogP contribution < -0.4 is 15.5 Å². The normalized spacial score (nSPS) is 22.4. The van der Waals surface area contributed by atoms with E-state index in [4.69, 9.17) is 4.98 Å². The molecule has 0 saturated carbocycles. The number of pyridine rings is 1. The third-order valence-corrected chi connectivity index (χ3v) is 7.32. The summed E-state index contributed by atoms with van der Waals surface area (Å²) in [7, 11) is 0. The molecule has 1 fully saturated rings. The highest BCUT2D eigenvalue weighted by molar-refractivity contribution is 7.21. The lowest BCUT2D eigenvalue weighted by Gasteiger charge is -2.19. The van der Waals surface area contributed by atoms with E-state index < -0.39 is 0 Å². The molecule has 1 aromatic carbocycles. The number of nitrogens with zero attached hydrogens (tertiary/aromatic N) is 2. The van der Waals surface area contributed by atoms with Crippen LogP contribution in [0.25, 0.3) is 21.0 Å². The van der Waals surface area contributed by atoms with Gasteiger partial charge in [-0.15, -0.1) is 11.3 Å². The second-order valence-electron chi connectivity index (χ2n) is 8.48. The van der Waals surface area contributed by atoms with Crippen LogP contribution in [0, 0.1) is 11.8 Å². The number of aromatic nitrogens is 1. The molecule has 4 heterocycles. The Hall–Kier alpha value is -2.34. The molecule has 1 unspecified atom stereocenters. The zero-order valence-electron chi connectivity index (χ0n) is 16.6. The van der Waals surface area contributed by atoms with Gasteiger partial charge in [0.25, 0.3) is 5.91 Å². The Bertz CT molecular complexity index is 1070. The van der Waals surface area contributed by atoms with E-state index in [1.807, 2.05) is 6.92 Å². The molecule has 1 saturated heterocycles. The Morgan fingerprint density at radius 1 is 1.25 bits per heavy atom. The minimum atomic E-state index is 0.0169. The van der Waals surface area contributed by atoms with Crippen molar-refractivity contribution in [2.45, 2.75) is 33.2 Å². The van der Waals surface area contributed by atoms with E-state index in [0.717, 1.165) is 62.9 Å². The number of anilines is 2. The van der Waals surface area contributed by atoms with Crippen LogP contribution >= 0.6 is 11.3 Å². The summed E-state index contributed by atoms with van der Waals surface area (Å²) < 4.78 is 1.13. The third-order valence-electron chi connectivity index (χ3n) is 6.17. The number of amides is 1. The Morgan fingerprint density at radius 3 is 2.89 bits per heavy atom. The summed E-state index contributed by atoms with van der Waals surface area (Å²) in [6.07, 6.45) is 1.24. The van der Waals surface area contributed by atoms with Crippen molar-refractivity contribution in [2.24, 2.45) is 11.8 Å². The summed E-state index contributed by atoms with van der Waals surface area (Å²) in [5.74, 6) is 2.54. The van der Waals surface area contributed by atoms with E-state index in [2.05, 4.69) is 53.6 Å². The number of carbonyl (C=O) groups excluding carboxylic acids is 1. The number of hydrogen-bond donors (Lipinski definition) is 2. The molecule has 0 bridgehead atoms. The molecule has 6 heteroatoms.